The Hall–Kier alpha value is -2.99. The SMILES string of the molecule is CCc1cccc(CC)c1-n1c(SCCc2ccncc2)nnc1-c1cccnc1. The van der Waals surface area contributed by atoms with Gasteiger partial charge in [0.15, 0.2) is 11.0 Å². The van der Waals surface area contributed by atoms with E-state index in [9.17, 15) is 0 Å². The largest absolute Gasteiger partial charge is 0.269 e. The molecular formula is C24H25N5S. The molecule has 0 aliphatic rings. The summed E-state index contributed by atoms with van der Waals surface area (Å²) >= 11 is 1.74. The van der Waals surface area contributed by atoms with Crippen LogP contribution in [0.4, 0.5) is 0 Å². The summed E-state index contributed by atoms with van der Waals surface area (Å²) in [5.74, 6) is 1.76. The number of para-hydroxylation sites is 1. The highest BCUT2D eigenvalue weighted by atomic mass is 32.2. The van der Waals surface area contributed by atoms with Crippen molar-refractivity contribution in [1.29, 1.82) is 0 Å². The fraction of sp³-hybridized carbons (Fsp3) is 0.250. The van der Waals surface area contributed by atoms with Crippen molar-refractivity contribution in [3.05, 3.63) is 83.9 Å². The van der Waals surface area contributed by atoms with E-state index in [1.165, 1.54) is 22.4 Å². The van der Waals surface area contributed by atoms with E-state index >= 15 is 0 Å². The van der Waals surface area contributed by atoms with Gasteiger partial charge in [-0.05, 0) is 60.2 Å². The molecule has 0 atom stereocenters. The number of nitrogens with zero attached hydrogens (tertiary/aromatic N) is 5. The third kappa shape index (κ3) is 4.28. The number of aromatic nitrogens is 5. The highest BCUT2D eigenvalue weighted by molar-refractivity contribution is 7.99. The third-order valence-electron chi connectivity index (χ3n) is 5.11. The Bertz CT molecular complexity index is 1070. The molecule has 0 amide bonds. The second-order valence-electron chi connectivity index (χ2n) is 6.97. The Morgan fingerprint density at radius 1 is 0.833 bits per heavy atom. The van der Waals surface area contributed by atoms with Gasteiger partial charge < -0.3 is 0 Å². The van der Waals surface area contributed by atoms with Crippen LogP contribution < -0.4 is 0 Å². The Morgan fingerprint density at radius 2 is 1.60 bits per heavy atom. The first kappa shape index (κ1) is 20.3. The molecule has 3 aromatic heterocycles. The van der Waals surface area contributed by atoms with Gasteiger partial charge in [0.25, 0.3) is 0 Å². The lowest BCUT2D eigenvalue weighted by atomic mass is 10.0. The lowest BCUT2D eigenvalue weighted by molar-refractivity contribution is 0.856. The summed E-state index contributed by atoms with van der Waals surface area (Å²) in [6.07, 6.45) is 10.2. The van der Waals surface area contributed by atoms with Gasteiger partial charge in [-0.25, -0.2) is 0 Å². The van der Waals surface area contributed by atoms with Gasteiger partial charge in [0.05, 0.1) is 5.69 Å². The first-order valence-corrected chi connectivity index (χ1v) is 11.3. The second kappa shape index (κ2) is 9.67. The van der Waals surface area contributed by atoms with Crippen molar-refractivity contribution >= 4 is 11.8 Å². The predicted molar refractivity (Wildman–Crippen MR) is 122 cm³/mol. The van der Waals surface area contributed by atoms with Crippen LogP contribution in [0.25, 0.3) is 17.1 Å². The number of thioether (sulfide) groups is 1. The van der Waals surface area contributed by atoms with Crippen molar-refractivity contribution < 1.29 is 0 Å². The standard InChI is InChI=1S/C24H25N5S/c1-3-19-7-5-8-20(4-2)22(19)29-23(21-9-6-13-26-17-21)27-28-24(29)30-16-12-18-10-14-25-15-11-18/h5-11,13-15,17H,3-4,12,16H2,1-2H3. The van der Waals surface area contributed by atoms with Gasteiger partial charge in [0.2, 0.25) is 0 Å². The number of aryl methyl sites for hydroxylation is 3. The van der Waals surface area contributed by atoms with Crippen molar-refractivity contribution in [1.82, 2.24) is 24.7 Å². The molecule has 0 aliphatic carbocycles. The van der Waals surface area contributed by atoms with Gasteiger partial charge in [0, 0.05) is 36.1 Å². The van der Waals surface area contributed by atoms with Crippen LogP contribution in [-0.2, 0) is 19.3 Å². The van der Waals surface area contributed by atoms with Crippen LogP contribution in [0.1, 0.15) is 30.5 Å². The van der Waals surface area contributed by atoms with E-state index in [2.05, 4.69) is 68.9 Å². The third-order valence-corrected chi connectivity index (χ3v) is 6.04. The smallest absolute Gasteiger partial charge is 0.196 e. The van der Waals surface area contributed by atoms with Crippen molar-refractivity contribution in [2.45, 2.75) is 38.3 Å². The summed E-state index contributed by atoms with van der Waals surface area (Å²) in [7, 11) is 0. The molecule has 6 heteroatoms. The normalized spacial score (nSPS) is 11.0. The molecule has 5 nitrogen and oxygen atoms in total. The molecule has 1 aromatic carbocycles. The molecule has 0 N–H and O–H groups in total. The monoisotopic (exact) mass is 415 g/mol. The quantitative estimate of drug-likeness (QED) is 0.371. The van der Waals surface area contributed by atoms with E-state index in [-0.39, 0.29) is 0 Å². The number of hydrogen-bond acceptors (Lipinski definition) is 5. The van der Waals surface area contributed by atoms with E-state index in [4.69, 9.17) is 0 Å². The number of hydrogen-bond donors (Lipinski definition) is 0. The average Bonchev–Trinajstić information content (AvgIpc) is 3.23. The fourth-order valence-electron chi connectivity index (χ4n) is 3.56. The summed E-state index contributed by atoms with van der Waals surface area (Å²) in [5, 5.41) is 10.1. The number of pyridine rings is 2. The topological polar surface area (TPSA) is 56.5 Å². The van der Waals surface area contributed by atoms with E-state index in [1.54, 1.807) is 18.0 Å². The molecule has 0 radical (unpaired) electrons. The highest BCUT2D eigenvalue weighted by Crippen LogP contribution is 2.32. The van der Waals surface area contributed by atoms with Crippen LogP contribution in [-0.4, -0.2) is 30.5 Å². The van der Waals surface area contributed by atoms with Gasteiger partial charge in [-0.2, -0.15) is 0 Å². The lowest BCUT2D eigenvalue weighted by Crippen LogP contribution is -2.07. The van der Waals surface area contributed by atoms with E-state index in [0.717, 1.165) is 41.6 Å². The molecule has 0 unspecified atom stereocenters. The van der Waals surface area contributed by atoms with E-state index in [0.29, 0.717) is 0 Å². The molecule has 152 valence electrons. The molecule has 0 saturated heterocycles. The van der Waals surface area contributed by atoms with Crippen LogP contribution in [0.2, 0.25) is 0 Å². The molecule has 4 rings (SSSR count). The van der Waals surface area contributed by atoms with Gasteiger partial charge in [0.1, 0.15) is 0 Å². The first-order valence-electron chi connectivity index (χ1n) is 10.3. The first-order chi connectivity index (χ1) is 14.8. The highest BCUT2D eigenvalue weighted by Gasteiger charge is 2.20. The maximum absolute atomic E-state index is 4.59. The lowest BCUT2D eigenvalue weighted by Gasteiger charge is -2.18. The summed E-state index contributed by atoms with van der Waals surface area (Å²) in [6, 6.07) is 14.7. The molecule has 0 spiro atoms. The van der Waals surface area contributed by atoms with Gasteiger partial charge >= 0.3 is 0 Å². The van der Waals surface area contributed by atoms with Crippen molar-refractivity contribution in [3.8, 4) is 17.1 Å². The van der Waals surface area contributed by atoms with Gasteiger partial charge in [-0.15, -0.1) is 10.2 Å². The van der Waals surface area contributed by atoms with Crippen molar-refractivity contribution in [2.24, 2.45) is 0 Å². The van der Waals surface area contributed by atoms with Crippen molar-refractivity contribution in [2.75, 3.05) is 5.75 Å². The summed E-state index contributed by atoms with van der Waals surface area (Å²) in [6.45, 7) is 4.39. The van der Waals surface area contributed by atoms with Crippen LogP contribution >= 0.6 is 11.8 Å². The Labute approximate surface area is 181 Å². The molecule has 0 fully saturated rings. The number of benzene rings is 1. The van der Waals surface area contributed by atoms with E-state index < -0.39 is 0 Å². The van der Waals surface area contributed by atoms with E-state index in [1.807, 2.05) is 30.7 Å². The van der Waals surface area contributed by atoms with Crippen LogP contribution in [0.3, 0.4) is 0 Å². The van der Waals surface area contributed by atoms with Crippen LogP contribution in [0.5, 0.6) is 0 Å². The molecule has 0 saturated carbocycles. The minimum absolute atomic E-state index is 0.838. The predicted octanol–water partition coefficient (Wildman–Crippen LogP) is 5.18. The second-order valence-corrected chi connectivity index (χ2v) is 8.03. The van der Waals surface area contributed by atoms with Gasteiger partial charge in [-0.1, -0.05) is 43.8 Å². The molecule has 4 aromatic rings. The molecule has 30 heavy (non-hydrogen) atoms. The Morgan fingerprint density at radius 3 is 2.27 bits per heavy atom. The summed E-state index contributed by atoms with van der Waals surface area (Å²) in [4.78, 5) is 8.40. The minimum Gasteiger partial charge on any atom is -0.269 e. The molecule has 3 heterocycles. The average molecular weight is 416 g/mol. The zero-order valence-electron chi connectivity index (χ0n) is 17.3. The van der Waals surface area contributed by atoms with Crippen LogP contribution in [0, 0.1) is 0 Å². The maximum atomic E-state index is 4.59. The van der Waals surface area contributed by atoms with Crippen molar-refractivity contribution in [3.63, 3.8) is 0 Å². The Kier molecular flexibility index (Phi) is 6.54. The molecule has 0 aliphatic heterocycles. The summed E-state index contributed by atoms with van der Waals surface area (Å²) in [5.41, 5.74) is 6.06. The fourth-order valence-corrected chi connectivity index (χ4v) is 4.48. The Balaban J connectivity index is 1.76. The zero-order chi connectivity index (χ0) is 20.8. The summed E-state index contributed by atoms with van der Waals surface area (Å²) < 4.78 is 2.23. The van der Waals surface area contributed by atoms with Crippen LogP contribution in [0.15, 0.2) is 72.4 Å². The molecular weight excluding hydrogens is 390 g/mol. The molecule has 0 bridgehead atoms. The van der Waals surface area contributed by atoms with Gasteiger partial charge in [-0.3, -0.25) is 14.5 Å². The zero-order valence-corrected chi connectivity index (χ0v) is 18.1. The minimum atomic E-state index is 0.838. The maximum Gasteiger partial charge on any atom is 0.196 e. The number of rotatable bonds is 8.